The van der Waals surface area contributed by atoms with Crippen molar-refractivity contribution >= 4 is 11.6 Å². The Morgan fingerprint density at radius 3 is 2.70 bits per heavy atom. The predicted octanol–water partition coefficient (Wildman–Crippen LogP) is 3.02. The zero-order valence-corrected chi connectivity index (χ0v) is 17.5. The van der Waals surface area contributed by atoms with E-state index in [9.17, 15) is 15.2 Å². The molecule has 30 heavy (non-hydrogen) atoms. The van der Waals surface area contributed by atoms with E-state index >= 15 is 0 Å². The van der Waals surface area contributed by atoms with Gasteiger partial charge in [-0.05, 0) is 50.7 Å². The van der Waals surface area contributed by atoms with Crippen molar-refractivity contribution in [3.8, 4) is 11.8 Å². The summed E-state index contributed by atoms with van der Waals surface area (Å²) in [4.78, 5) is 17.2. The Kier molecular flexibility index (Phi) is 5.10. The Bertz CT molecular complexity index is 1080. The van der Waals surface area contributed by atoms with Gasteiger partial charge in [-0.25, -0.2) is 0 Å². The van der Waals surface area contributed by atoms with Crippen LogP contribution in [0.4, 0.5) is 0 Å². The van der Waals surface area contributed by atoms with Gasteiger partial charge in [0, 0.05) is 29.8 Å². The molecule has 0 aliphatic carbocycles. The standard InChI is InChI=1S/C24H25N3O3/c1-24(2)20(15-26(3)10-11-28)22(19-12-16(13-25)8-9-21(19)30-24)27-14-17-6-4-5-7-18(17)23(27)29/h4-9,12,28H,10-11,14-15H2,1-3H3. The quantitative estimate of drug-likeness (QED) is 0.830. The van der Waals surface area contributed by atoms with Gasteiger partial charge in [-0.3, -0.25) is 9.69 Å². The van der Waals surface area contributed by atoms with Crippen molar-refractivity contribution in [1.82, 2.24) is 9.80 Å². The molecule has 0 atom stereocenters. The molecule has 0 aromatic heterocycles. The zero-order valence-electron chi connectivity index (χ0n) is 17.5. The molecule has 2 aromatic rings. The third-order valence-electron chi connectivity index (χ3n) is 5.74. The summed E-state index contributed by atoms with van der Waals surface area (Å²) in [5, 5.41) is 18.8. The number of likely N-dealkylation sites (N-methyl/N-ethyl adjacent to an activating group) is 1. The second kappa shape index (κ2) is 7.60. The van der Waals surface area contributed by atoms with Crippen molar-refractivity contribution in [3.63, 3.8) is 0 Å². The zero-order chi connectivity index (χ0) is 21.5. The third kappa shape index (κ3) is 3.36. The number of carbonyl (C=O) groups excluding carboxylic acids is 1. The molecule has 1 amide bonds. The summed E-state index contributed by atoms with van der Waals surface area (Å²) in [6, 6.07) is 15.2. The molecule has 1 N–H and O–H groups in total. The highest BCUT2D eigenvalue weighted by Crippen LogP contribution is 2.45. The summed E-state index contributed by atoms with van der Waals surface area (Å²) in [5.74, 6) is 0.611. The number of carbonyl (C=O) groups is 1. The van der Waals surface area contributed by atoms with Gasteiger partial charge in [0.15, 0.2) is 0 Å². The molecule has 4 rings (SSSR count). The summed E-state index contributed by atoms with van der Waals surface area (Å²) >= 11 is 0. The van der Waals surface area contributed by atoms with E-state index in [4.69, 9.17) is 4.74 Å². The van der Waals surface area contributed by atoms with Crippen molar-refractivity contribution in [2.24, 2.45) is 0 Å². The van der Waals surface area contributed by atoms with Gasteiger partial charge >= 0.3 is 0 Å². The second-order valence-corrected chi connectivity index (χ2v) is 8.27. The number of nitriles is 1. The fourth-order valence-electron chi connectivity index (χ4n) is 4.19. The largest absolute Gasteiger partial charge is 0.483 e. The molecule has 154 valence electrons. The Labute approximate surface area is 176 Å². The number of benzene rings is 2. The van der Waals surface area contributed by atoms with Gasteiger partial charge in [-0.2, -0.15) is 5.26 Å². The highest BCUT2D eigenvalue weighted by Gasteiger charge is 2.41. The summed E-state index contributed by atoms with van der Waals surface area (Å²) in [7, 11) is 1.93. The minimum atomic E-state index is -0.657. The van der Waals surface area contributed by atoms with E-state index in [-0.39, 0.29) is 12.5 Å². The Morgan fingerprint density at radius 1 is 1.23 bits per heavy atom. The van der Waals surface area contributed by atoms with Crippen LogP contribution in [0.3, 0.4) is 0 Å². The molecule has 2 aliphatic rings. The molecule has 0 unspecified atom stereocenters. The Balaban J connectivity index is 1.91. The van der Waals surface area contributed by atoms with Crippen LogP contribution in [0.5, 0.6) is 5.75 Å². The van der Waals surface area contributed by atoms with Crippen LogP contribution >= 0.6 is 0 Å². The van der Waals surface area contributed by atoms with E-state index in [2.05, 4.69) is 6.07 Å². The molecule has 0 bridgehead atoms. The van der Waals surface area contributed by atoms with Crippen LogP contribution in [0.25, 0.3) is 5.70 Å². The molecule has 0 saturated heterocycles. The fourth-order valence-corrected chi connectivity index (χ4v) is 4.19. The molecule has 2 aliphatic heterocycles. The van der Waals surface area contributed by atoms with Gasteiger partial charge in [-0.1, -0.05) is 18.2 Å². The highest BCUT2D eigenvalue weighted by atomic mass is 16.5. The minimum Gasteiger partial charge on any atom is -0.483 e. The number of fused-ring (bicyclic) bond motifs is 2. The van der Waals surface area contributed by atoms with Gasteiger partial charge in [0.05, 0.1) is 30.5 Å². The molecule has 6 nitrogen and oxygen atoms in total. The first kappa shape index (κ1) is 20.1. The molecular weight excluding hydrogens is 378 g/mol. The summed E-state index contributed by atoms with van der Waals surface area (Å²) in [6.07, 6.45) is 0. The maximum Gasteiger partial charge on any atom is 0.258 e. The third-order valence-corrected chi connectivity index (χ3v) is 5.74. The van der Waals surface area contributed by atoms with Crippen LogP contribution in [0.15, 0.2) is 48.0 Å². The van der Waals surface area contributed by atoms with E-state index < -0.39 is 5.60 Å². The lowest BCUT2D eigenvalue weighted by Crippen LogP contribution is -2.43. The number of amides is 1. The topological polar surface area (TPSA) is 76.8 Å². The van der Waals surface area contributed by atoms with Crippen molar-refractivity contribution in [1.29, 1.82) is 5.26 Å². The van der Waals surface area contributed by atoms with Crippen LogP contribution in [-0.2, 0) is 6.54 Å². The number of aliphatic hydroxyl groups is 1. The number of aliphatic hydroxyl groups excluding tert-OH is 1. The van der Waals surface area contributed by atoms with E-state index in [1.54, 1.807) is 23.1 Å². The molecule has 0 spiro atoms. The smallest absolute Gasteiger partial charge is 0.258 e. The van der Waals surface area contributed by atoms with Crippen molar-refractivity contribution in [2.75, 3.05) is 26.7 Å². The lowest BCUT2D eigenvalue weighted by atomic mass is 9.87. The molecule has 0 fully saturated rings. The Morgan fingerprint density at radius 2 is 2.00 bits per heavy atom. The molecule has 2 heterocycles. The van der Waals surface area contributed by atoms with E-state index in [0.717, 1.165) is 22.4 Å². The highest BCUT2D eigenvalue weighted by molar-refractivity contribution is 6.04. The monoisotopic (exact) mass is 403 g/mol. The maximum atomic E-state index is 13.4. The van der Waals surface area contributed by atoms with Gasteiger partial charge < -0.3 is 14.7 Å². The van der Waals surface area contributed by atoms with Crippen LogP contribution in [-0.4, -0.2) is 53.2 Å². The van der Waals surface area contributed by atoms with Gasteiger partial charge in [0.1, 0.15) is 11.4 Å². The average Bonchev–Trinajstić information content (AvgIpc) is 3.05. The number of hydrogen-bond acceptors (Lipinski definition) is 5. The van der Waals surface area contributed by atoms with Crippen LogP contribution in [0.1, 0.15) is 40.9 Å². The van der Waals surface area contributed by atoms with Crippen LogP contribution in [0, 0.1) is 11.3 Å². The van der Waals surface area contributed by atoms with Crippen molar-refractivity contribution < 1.29 is 14.6 Å². The predicted molar refractivity (Wildman–Crippen MR) is 114 cm³/mol. The average molecular weight is 403 g/mol. The number of rotatable bonds is 5. The summed E-state index contributed by atoms with van der Waals surface area (Å²) in [5.41, 5.74) is 4.04. The van der Waals surface area contributed by atoms with Crippen molar-refractivity contribution in [2.45, 2.75) is 26.0 Å². The molecule has 0 saturated carbocycles. The first-order valence-electron chi connectivity index (χ1n) is 10.0. The van der Waals surface area contributed by atoms with E-state index in [1.165, 1.54) is 0 Å². The number of hydrogen-bond donors (Lipinski definition) is 1. The summed E-state index contributed by atoms with van der Waals surface area (Å²) < 4.78 is 6.32. The van der Waals surface area contributed by atoms with E-state index in [0.29, 0.717) is 36.5 Å². The van der Waals surface area contributed by atoms with Gasteiger partial charge in [0.2, 0.25) is 0 Å². The van der Waals surface area contributed by atoms with E-state index in [1.807, 2.05) is 50.1 Å². The molecule has 6 heteroatoms. The second-order valence-electron chi connectivity index (χ2n) is 8.27. The molecule has 2 aromatic carbocycles. The summed E-state index contributed by atoms with van der Waals surface area (Å²) in [6.45, 7) is 5.53. The lowest BCUT2D eigenvalue weighted by molar-refractivity contribution is 0.0839. The Hall–Kier alpha value is -3.14. The number of nitrogens with zero attached hydrogens (tertiary/aromatic N) is 3. The number of ether oxygens (including phenoxy) is 1. The normalized spacial score (nSPS) is 16.9. The lowest BCUT2D eigenvalue weighted by Gasteiger charge is -2.40. The minimum absolute atomic E-state index is 0.0453. The SMILES string of the molecule is CN(CCO)CC1=C(N2Cc3ccccc3C2=O)c2cc(C#N)ccc2OC1(C)C. The molecular formula is C24H25N3O3. The molecule has 0 radical (unpaired) electrons. The fraction of sp³-hybridized carbons (Fsp3) is 0.333. The first-order chi connectivity index (χ1) is 14.4. The van der Waals surface area contributed by atoms with Gasteiger partial charge in [-0.15, -0.1) is 0 Å². The van der Waals surface area contributed by atoms with Crippen molar-refractivity contribution in [3.05, 3.63) is 70.3 Å². The van der Waals surface area contributed by atoms with Crippen LogP contribution in [0.2, 0.25) is 0 Å². The van der Waals surface area contributed by atoms with Crippen LogP contribution < -0.4 is 4.74 Å². The first-order valence-corrected chi connectivity index (χ1v) is 10.0. The maximum absolute atomic E-state index is 13.4. The van der Waals surface area contributed by atoms with Gasteiger partial charge in [0.25, 0.3) is 5.91 Å².